The van der Waals surface area contributed by atoms with Crippen molar-refractivity contribution in [2.75, 3.05) is 0 Å². The second-order valence-electron chi connectivity index (χ2n) is 8.18. The number of benzene rings is 2. The molecule has 4 atom stereocenters. The normalized spacial score (nSPS) is 31.5. The first-order valence-electron chi connectivity index (χ1n) is 9.69. The van der Waals surface area contributed by atoms with Crippen molar-refractivity contribution >= 4 is 11.6 Å². The molecule has 150 valence electrons. The second kappa shape index (κ2) is 6.29. The van der Waals surface area contributed by atoms with E-state index in [1.165, 1.54) is 6.20 Å². The third kappa shape index (κ3) is 2.27. The molecule has 0 spiro atoms. The van der Waals surface area contributed by atoms with Gasteiger partial charge in [-0.25, -0.2) is 0 Å². The quantitative estimate of drug-likeness (QED) is 0.656. The molecule has 2 N–H and O–H groups in total. The van der Waals surface area contributed by atoms with E-state index in [9.17, 15) is 15.5 Å². The van der Waals surface area contributed by atoms with Crippen LogP contribution in [0.15, 0.2) is 66.9 Å². The largest absolute Gasteiger partial charge is 0.476 e. The van der Waals surface area contributed by atoms with E-state index in [1.807, 2.05) is 30.3 Å². The van der Waals surface area contributed by atoms with Crippen LogP contribution in [0, 0.1) is 11.3 Å². The molecule has 2 aliphatic rings. The molecule has 2 aromatic carbocycles. The Kier molecular flexibility index (Phi) is 4.00. The summed E-state index contributed by atoms with van der Waals surface area (Å²) in [6.45, 7) is 1.61. The Labute approximate surface area is 179 Å². The summed E-state index contributed by atoms with van der Waals surface area (Å²) in [5, 5.41) is 33.4. The molecule has 0 amide bonds. The number of fused-ring (bicyclic) bond motifs is 3. The van der Waals surface area contributed by atoms with E-state index in [-0.39, 0.29) is 18.0 Å². The number of nitriles is 1. The maximum Gasteiger partial charge on any atom is 0.183 e. The Morgan fingerprint density at radius 1 is 1.13 bits per heavy atom. The number of ether oxygens (including phenoxy) is 1. The summed E-state index contributed by atoms with van der Waals surface area (Å²) in [7, 11) is 0. The minimum absolute atomic E-state index is 0.261. The maximum absolute atomic E-state index is 12.2. The van der Waals surface area contributed by atoms with E-state index in [0.717, 1.165) is 5.56 Å². The van der Waals surface area contributed by atoms with Crippen molar-refractivity contribution in [1.82, 2.24) is 4.98 Å². The Morgan fingerprint density at radius 2 is 1.83 bits per heavy atom. The number of aliphatic hydroxyl groups is 2. The molecule has 2 heterocycles. The Hall–Kier alpha value is -2.91. The molecule has 1 aliphatic carbocycles. The first-order chi connectivity index (χ1) is 14.3. The van der Waals surface area contributed by atoms with Gasteiger partial charge < -0.3 is 14.9 Å². The summed E-state index contributed by atoms with van der Waals surface area (Å²) in [5.41, 5.74) is -2.36. The third-order valence-electron chi connectivity index (χ3n) is 6.49. The highest BCUT2D eigenvalue weighted by molar-refractivity contribution is 6.30. The number of aromatic nitrogens is 1. The minimum atomic E-state index is -1.82. The molecule has 3 aromatic rings. The van der Waals surface area contributed by atoms with Crippen LogP contribution in [-0.2, 0) is 11.2 Å². The van der Waals surface area contributed by atoms with Crippen molar-refractivity contribution < 1.29 is 14.9 Å². The van der Waals surface area contributed by atoms with Crippen LogP contribution in [0.5, 0.6) is 5.75 Å². The monoisotopic (exact) mass is 418 g/mol. The average Bonchev–Trinajstić information content (AvgIpc) is 3.12. The molecule has 0 bridgehead atoms. The number of hydrogen-bond acceptors (Lipinski definition) is 5. The van der Waals surface area contributed by atoms with E-state index in [2.05, 4.69) is 11.1 Å². The van der Waals surface area contributed by atoms with E-state index in [1.54, 1.807) is 37.3 Å². The summed E-state index contributed by atoms with van der Waals surface area (Å²) in [5.74, 6) is -0.0325. The second-order valence-corrected chi connectivity index (χ2v) is 8.62. The first-order valence-corrected chi connectivity index (χ1v) is 10.1. The molecular weight excluding hydrogens is 400 g/mol. The summed E-state index contributed by atoms with van der Waals surface area (Å²) in [6.07, 6.45) is 1.71. The van der Waals surface area contributed by atoms with Gasteiger partial charge in [-0.05, 0) is 36.6 Å². The van der Waals surface area contributed by atoms with Gasteiger partial charge in [0.15, 0.2) is 11.2 Å². The predicted octanol–water partition coefficient (Wildman–Crippen LogP) is 4.02. The van der Waals surface area contributed by atoms with Gasteiger partial charge in [0.05, 0.1) is 16.7 Å². The zero-order valence-corrected chi connectivity index (χ0v) is 17.0. The Bertz CT molecular complexity index is 1170. The number of hydrogen-bond donors (Lipinski definition) is 2. The highest BCUT2D eigenvalue weighted by atomic mass is 35.5. The fourth-order valence-corrected chi connectivity index (χ4v) is 5.31. The van der Waals surface area contributed by atoms with Gasteiger partial charge in [-0.15, -0.1) is 0 Å². The number of nitrogens with zero attached hydrogens (tertiary/aromatic N) is 2. The van der Waals surface area contributed by atoms with Crippen LogP contribution in [0.4, 0.5) is 0 Å². The minimum Gasteiger partial charge on any atom is -0.476 e. The smallest absolute Gasteiger partial charge is 0.183 e. The van der Waals surface area contributed by atoms with Crippen LogP contribution in [0.25, 0.3) is 0 Å². The highest BCUT2D eigenvalue weighted by Gasteiger charge is 2.77. The van der Waals surface area contributed by atoms with Crippen LogP contribution in [-0.4, -0.2) is 20.8 Å². The number of rotatable bonds is 2. The van der Waals surface area contributed by atoms with Crippen LogP contribution >= 0.6 is 11.6 Å². The van der Waals surface area contributed by atoms with Gasteiger partial charge in [-0.2, -0.15) is 5.26 Å². The van der Waals surface area contributed by atoms with Crippen molar-refractivity contribution in [2.24, 2.45) is 0 Å². The van der Waals surface area contributed by atoms with Gasteiger partial charge in [0.25, 0.3) is 0 Å². The van der Waals surface area contributed by atoms with Crippen LogP contribution in [0.2, 0.25) is 5.02 Å². The summed E-state index contributed by atoms with van der Waals surface area (Å²) >= 11 is 6.16. The van der Waals surface area contributed by atoms with Gasteiger partial charge in [0.2, 0.25) is 0 Å². The molecule has 1 aliphatic heterocycles. The Morgan fingerprint density at radius 3 is 2.50 bits per heavy atom. The van der Waals surface area contributed by atoms with Gasteiger partial charge in [-0.3, -0.25) is 4.98 Å². The van der Waals surface area contributed by atoms with Crippen molar-refractivity contribution in [1.29, 1.82) is 5.26 Å². The van der Waals surface area contributed by atoms with Crippen LogP contribution in [0.1, 0.15) is 41.6 Å². The lowest BCUT2D eigenvalue weighted by molar-refractivity contribution is -0.191. The van der Waals surface area contributed by atoms with Crippen molar-refractivity contribution in [2.45, 2.75) is 36.1 Å². The lowest BCUT2D eigenvalue weighted by Gasteiger charge is -2.42. The zero-order chi connectivity index (χ0) is 21.1. The first kappa shape index (κ1) is 19.1. The van der Waals surface area contributed by atoms with Gasteiger partial charge in [-0.1, -0.05) is 54.1 Å². The van der Waals surface area contributed by atoms with Crippen LogP contribution in [0.3, 0.4) is 0 Å². The molecule has 0 saturated heterocycles. The van der Waals surface area contributed by atoms with E-state index < -0.39 is 16.8 Å². The molecule has 0 radical (unpaired) electrons. The van der Waals surface area contributed by atoms with E-state index in [4.69, 9.17) is 16.3 Å². The number of pyridine rings is 1. The summed E-state index contributed by atoms with van der Waals surface area (Å²) < 4.78 is 6.52. The molecule has 1 aromatic heterocycles. The topological polar surface area (TPSA) is 86.4 Å². The molecule has 5 rings (SSSR count). The van der Waals surface area contributed by atoms with Crippen LogP contribution < -0.4 is 4.74 Å². The fraction of sp³-hybridized carbons (Fsp3) is 0.250. The molecule has 2 unspecified atom stereocenters. The van der Waals surface area contributed by atoms with Crippen molar-refractivity contribution in [3.63, 3.8) is 0 Å². The van der Waals surface area contributed by atoms with Gasteiger partial charge >= 0.3 is 0 Å². The standard InChI is InChI=1S/C24H19ClN2O3/c1-22(28)12-19(16-5-3-2-4-6-16)23(17-9-7-15(13-26)8-10-17)24(22,29)21-20(30-23)11-18(25)14-27-21/h2-11,14,19,28-29H,12H2,1H3/t19?,22-,23?,24-/m0/s1. The highest BCUT2D eigenvalue weighted by Crippen LogP contribution is 2.69. The summed E-state index contributed by atoms with van der Waals surface area (Å²) in [4.78, 5) is 4.38. The average molecular weight is 419 g/mol. The van der Waals surface area contributed by atoms with Gasteiger partial charge in [0, 0.05) is 18.2 Å². The maximum atomic E-state index is 12.2. The van der Waals surface area contributed by atoms with E-state index >= 15 is 0 Å². The lowest BCUT2D eigenvalue weighted by atomic mass is 9.70. The predicted molar refractivity (Wildman–Crippen MR) is 111 cm³/mol. The lowest BCUT2D eigenvalue weighted by Crippen LogP contribution is -2.56. The van der Waals surface area contributed by atoms with E-state index in [0.29, 0.717) is 21.9 Å². The molecule has 5 nitrogen and oxygen atoms in total. The van der Waals surface area contributed by atoms with Gasteiger partial charge in [0.1, 0.15) is 17.0 Å². The molecule has 1 fully saturated rings. The molecule has 1 saturated carbocycles. The molecule has 30 heavy (non-hydrogen) atoms. The summed E-state index contributed by atoms with van der Waals surface area (Å²) in [6, 6.07) is 20.3. The molecule has 6 heteroatoms. The molecular formula is C24H19ClN2O3. The third-order valence-corrected chi connectivity index (χ3v) is 6.69. The number of halogens is 1. The fourth-order valence-electron chi connectivity index (χ4n) is 5.16. The Balaban J connectivity index is 1.83. The van der Waals surface area contributed by atoms with Crippen molar-refractivity contribution in [3.05, 3.63) is 94.3 Å². The van der Waals surface area contributed by atoms with Crippen molar-refractivity contribution in [3.8, 4) is 11.8 Å². The zero-order valence-electron chi connectivity index (χ0n) is 16.2. The SMILES string of the molecule is C[C@]1(O)CC(c2ccccc2)C2(c3ccc(C#N)cc3)Oc3cc(Cl)cnc3[C@@]21O.